The lowest BCUT2D eigenvalue weighted by Gasteiger charge is -2.44. The smallest absolute Gasteiger partial charge is 0.325 e. The second-order valence-corrected chi connectivity index (χ2v) is 8.41. The highest BCUT2D eigenvalue weighted by atomic mass is 19.1. The molecule has 0 bridgehead atoms. The van der Waals surface area contributed by atoms with E-state index in [0.717, 1.165) is 55.2 Å². The molecule has 3 aliphatic rings. The maximum absolute atomic E-state index is 14.3. The molecule has 3 atom stereocenters. The Morgan fingerprint density at radius 1 is 1.17 bits per heavy atom. The quantitative estimate of drug-likeness (QED) is 0.787. The first kappa shape index (κ1) is 19.8. The zero-order valence-electron chi connectivity index (χ0n) is 16.4. The highest BCUT2D eigenvalue weighted by Crippen LogP contribution is 2.36. The van der Waals surface area contributed by atoms with Crippen molar-refractivity contribution in [2.24, 2.45) is 5.92 Å². The van der Waals surface area contributed by atoms with Gasteiger partial charge in [-0.1, -0.05) is 12.8 Å². The van der Waals surface area contributed by atoms with Crippen LogP contribution < -0.4 is 5.32 Å². The number of rotatable bonds is 3. The number of hydrogen-bond acceptors (Lipinski definition) is 3. The summed E-state index contributed by atoms with van der Waals surface area (Å²) < 4.78 is 27.9. The van der Waals surface area contributed by atoms with Gasteiger partial charge < -0.3 is 10.2 Å². The summed E-state index contributed by atoms with van der Waals surface area (Å²) in [6, 6.07) is 2.15. The number of likely N-dealkylation sites (tertiary alicyclic amines) is 1. The number of piperidine rings is 1. The molecule has 0 aromatic heterocycles. The highest BCUT2D eigenvalue weighted by Gasteiger charge is 2.51. The average molecular weight is 405 g/mol. The SMILES string of the molecule is C[C@@]1(c2cc(F)ccc2F)NC(=O)N(CC(=O)N2CCC[C@@H]3CCCC[C@@H]32)C1=O. The molecule has 156 valence electrons. The largest absolute Gasteiger partial charge is 0.338 e. The number of fused-ring (bicyclic) bond motifs is 1. The Balaban J connectivity index is 1.53. The predicted molar refractivity (Wildman–Crippen MR) is 101 cm³/mol. The minimum absolute atomic E-state index is 0.165. The molecule has 0 spiro atoms. The van der Waals surface area contributed by atoms with Crippen molar-refractivity contribution in [3.63, 3.8) is 0 Å². The van der Waals surface area contributed by atoms with Crippen molar-refractivity contribution in [1.29, 1.82) is 0 Å². The van der Waals surface area contributed by atoms with E-state index in [1.54, 1.807) is 0 Å². The van der Waals surface area contributed by atoms with Crippen LogP contribution in [0.1, 0.15) is 51.0 Å². The van der Waals surface area contributed by atoms with Crippen molar-refractivity contribution in [1.82, 2.24) is 15.1 Å². The van der Waals surface area contributed by atoms with Crippen molar-refractivity contribution >= 4 is 17.8 Å². The van der Waals surface area contributed by atoms with Gasteiger partial charge in [-0.05, 0) is 56.7 Å². The summed E-state index contributed by atoms with van der Waals surface area (Å²) in [4.78, 5) is 41.1. The zero-order chi connectivity index (χ0) is 20.8. The molecule has 4 rings (SSSR count). The van der Waals surface area contributed by atoms with Crippen LogP contribution in [0.5, 0.6) is 0 Å². The van der Waals surface area contributed by atoms with Crippen molar-refractivity contribution in [3.05, 3.63) is 35.4 Å². The van der Waals surface area contributed by atoms with E-state index in [1.165, 1.54) is 13.3 Å². The van der Waals surface area contributed by atoms with Gasteiger partial charge in [0.2, 0.25) is 5.91 Å². The molecule has 1 aromatic carbocycles. The van der Waals surface area contributed by atoms with E-state index in [0.29, 0.717) is 12.5 Å². The number of nitrogens with zero attached hydrogens (tertiary/aromatic N) is 2. The Bertz CT molecular complexity index is 860. The van der Waals surface area contributed by atoms with Crippen LogP contribution in [0.2, 0.25) is 0 Å². The Morgan fingerprint density at radius 3 is 2.69 bits per heavy atom. The molecule has 0 unspecified atom stereocenters. The fourth-order valence-electron chi connectivity index (χ4n) is 5.06. The molecule has 1 aliphatic carbocycles. The lowest BCUT2D eigenvalue weighted by Crippen LogP contribution is -2.53. The van der Waals surface area contributed by atoms with E-state index < -0.39 is 29.1 Å². The number of imide groups is 1. The molecule has 1 aromatic rings. The average Bonchev–Trinajstić information content (AvgIpc) is 2.93. The Morgan fingerprint density at radius 2 is 1.90 bits per heavy atom. The van der Waals surface area contributed by atoms with Gasteiger partial charge in [0.25, 0.3) is 5.91 Å². The summed E-state index contributed by atoms with van der Waals surface area (Å²) in [7, 11) is 0. The molecule has 3 fully saturated rings. The molecule has 2 saturated heterocycles. The molecule has 8 heteroatoms. The number of nitrogens with one attached hydrogen (secondary N) is 1. The maximum atomic E-state index is 14.3. The fraction of sp³-hybridized carbons (Fsp3) is 0.571. The molecule has 6 nitrogen and oxygen atoms in total. The topological polar surface area (TPSA) is 69.7 Å². The number of amides is 4. The fourth-order valence-corrected chi connectivity index (χ4v) is 5.06. The van der Waals surface area contributed by atoms with E-state index in [2.05, 4.69) is 5.32 Å². The van der Waals surface area contributed by atoms with Gasteiger partial charge in [0.15, 0.2) is 0 Å². The van der Waals surface area contributed by atoms with Crippen LogP contribution in [-0.4, -0.2) is 46.8 Å². The van der Waals surface area contributed by atoms with Gasteiger partial charge in [-0.15, -0.1) is 0 Å². The highest BCUT2D eigenvalue weighted by molar-refractivity contribution is 6.09. The summed E-state index contributed by atoms with van der Waals surface area (Å²) >= 11 is 0. The first-order chi connectivity index (χ1) is 13.8. The van der Waals surface area contributed by atoms with Gasteiger partial charge in [-0.2, -0.15) is 0 Å². The van der Waals surface area contributed by atoms with Crippen molar-refractivity contribution < 1.29 is 23.2 Å². The number of carbonyl (C=O) groups excluding carboxylic acids is 3. The second-order valence-electron chi connectivity index (χ2n) is 8.41. The minimum atomic E-state index is -1.75. The van der Waals surface area contributed by atoms with Gasteiger partial charge in [0.05, 0.1) is 0 Å². The number of carbonyl (C=O) groups is 3. The summed E-state index contributed by atoms with van der Waals surface area (Å²) in [5.41, 5.74) is -2.00. The van der Waals surface area contributed by atoms with Crippen LogP contribution in [0.15, 0.2) is 18.2 Å². The molecule has 0 radical (unpaired) electrons. The molecule has 1 N–H and O–H groups in total. The van der Waals surface area contributed by atoms with Crippen LogP contribution >= 0.6 is 0 Å². The predicted octanol–water partition coefficient (Wildman–Crippen LogP) is 2.91. The van der Waals surface area contributed by atoms with Crippen LogP contribution in [0.3, 0.4) is 0 Å². The lowest BCUT2D eigenvalue weighted by molar-refractivity contribution is -0.142. The first-order valence-corrected chi connectivity index (χ1v) is 10.2. The Kier molecular flexibility index (Phi) is 5.04. The Labute approximate surface area is 168 Å². The summed E-state index contributed by atoms with van der Waals surface area (Å²) in [6.45, 7) is 1.56. The number of benzene rings is 1. The summed E-state index contributed by atoms with van der Waals surface area (Å²) in [6.07, 6.45) is 6.32. The van der Waals surface area contributed by atoms with E-state index in [9.17, 15) is 23.2 Å². The zero-order valence-corrected chi connectivity index (χ0v) is 16.4. The van der Waals surface area contributed by atoms with Crippen LogP contribution in [0, 0.1) is 17.6 Å². The molecular weight excluding hydrogens is 380 g/mol. The third-order valence-corrected chi connectivity index (χ3v) is 6.60. The van der Waals surface area contributed by atoms with Crippen molar-refractivity contribution in [3.8, 4) is 0 Å². The lowest BCUT2D eigenvalue weighted by atomic mass is 9.78. The molecular formula is C21H25F2N3O3. The van der Waals surface area contributed by atoms with E-state index >= 15 is 0 Å². The maximum Gasteiger partial charge on any atom is 0.325 e. The van der Waals surface area contributed by atoms with E-state index in [-0.39, 0.29) is 24.1 Å². The van der Waals surface area contributed by atoms with E-state index in [1.807, 2.05) is 4.90 Å². The van der Waals surface area contributed by atoms with Crippen LogP contribution in [0.4, 0.5) is 13.6 Å². The van der Waals surface area contributed by atoms with Crippen molar-refractivity contribution in [2.75, 3.05) is 13.1 Å². The standard InChI is InChI=1S/C21H25F2N3O3/c1-21(15-11-14(22)8-9-16(15)23)19(28)26(20(29)24-21)12-18(27)25-10-4-6-13-5-2-3-7-17(13)25/h8-9,11,13,17H,2-7,10,12H2,1H3,(H,24,29)/t13-,17-,21-/m0/s1. The normalized spacial score (nSPS) is 29.6. The number of urea groups is 1. The number of halogens is 2. The van der Waals surface area contributed by atoms with Crippen molar-refractivity contribution in [2.45, 2.75) is 57.0 Å². The molecule has 4 amide bonds. The van der Waals surface area contributed by atoms with Gasteiger partial charge in [-0.25, -0.2) is 13.6 Å². The molecule has 2 aliphatic heterocycles. The minimum Gasteiger partial charge on any atom is -0.338 e. The van der Waals surface area contributed by atoms with Gasteiger partial charge >= 0.3 is 6.03 Å². The van der Waals surface area contributed by atoms with Gasteiger partial charge in [-0.3, -0.25) is 14.5 Å². The summed E-state index contributed by atoms with van der Waals surface area (Å²) in [5, 5.41) is 2.44. The van der Waals surface area contributed by atoms with Crippen LogP contribution in [0.25, 0.3) is 0 Å². The molecule has 2 heterocycles. The molecule has 1 saturated carbocycles. The Hall–Kier alpha value is -2.51. The third kappa shape index (κ3) is 3.38. The summed E-state index contributed by atoms with van der Waals surface area (Å²) in [5.74, 6) is -2.05. The van der Waals surface area contributed by atoms with Gasteiger partial charge in [0, 0.05) is 18.2 Å². The third-order valence-electron chi connectivity index (χ3n) is 6.60. The van der Waals surface area contributed by atoms with E-state index in [4.69, 9.17) is 0 Å². The monoisotopic (exact) mass is 405 g/mol. The first-order valence-electron chi connectivity index (χ1n) is 10.2. The molecule has 29 heavy (non-hydrogen) atoms. The second kappa shape index (κ2) is 7.39. The van der Waals surface area contributed by atoms with Crippen LogP contribution in [-0.2, 0) is 15.1 Å². The van der Waals surface area contributed by atoms with Gasteiger partial charge in [0.1, 0.15) is 23.7 Å². The number of hydrogen-bond donors (Lipinski definition) is 1.